The highest BCUT2D eigenvalue weighted by atomic mass is 16.5. The van der Waals surface area contributed by atoms with Gasteiger partial charge in [-0.1, -0.05) is 17.7 Å². The number of nitrogens with two attached hydrogens (primary N) is 1. The van der Waals surface area contributed by atoms with Crippen LogP contribution in [0.3, 0.4) is 0 Å². The molecule has 5 heteroatoms. The van der Waals surface area contributed by atoms with Crippen molar-refractivity contribution in [1.82, 2.24) is 4.90 Å². The number of aryl methyl sites for hydroxylation is 2. The van der Waals surface area contributed by atoms with Crippen LogP contribution in [0.2, 0.25) is 0 Å². The van der Waals surface area contributed by atoms with Crippen LogP contribution in [0.1, 0.15) is 30.4 Å². The molecule has 0 atom stereocenters. The quantitative estimate of drug-likeness (QED) is 0.901. The molecule has 0 saturated carbocycles. The minimum absolute atomic E-state index is 0.0766. The van der Waals surface area contributed by atoms with Crippen molar-refractivity contribution < 1.29 is 14.3 Å². The highest BCUT2D eigenvalue weighted by molar-refractivity contribution is 5.78. The zero-order valence-electron chi connectivity index (χ0n) is 13.3. The standard InChI is InChI=1S/C17H24N2O3/c1-12-3-4-15(13(2)11-12)22-10-7-16(20)19-8-5-14(6-9-19)17(18)21/h3-4,11,14H,5-10H2,1-2H3,(H2,18,21). The van der Waals surface area contributed by atoms with Gasteiger partial charge in [0.25, 0.3) is 0 Å². The van der Waals surface area contributed by atoms with Gasteiger partial charge < -0.3 is 15.4 Å². The van der Waals surface area contributed by atoms with Crippen LogP contribution >= 0.6 is 0 Å². The molecule has 22 heavy (non-hydrogen) atoms. The molecule has 1 fully saturated rings. The number of carbonyl (C=O) groups is 2. The maximum atomic E-state index is 12.1. The Morgan fingerprint density at radius 1 is 1.27 bits per heavy atom. The average Bonchev–Trinajstić information content (AvgIpc) is 2.49. The van der Waals surface area contributed by atoms with Gasteiger partial charge in [0, 0.05) is 19.0 Å². The number of hydrogen-bond acceptors (Lipinski definition) is 3. The van der Waals surface area contributed by atoms with Crippen LogP contribution in [-0.4, -0.2) is 36.4 Å². The van der Waals surface area contributed by atoms with E-state index in [1.54, 1.807) is 4.90 Å². The van der Waals surface area contributed by atoms with Gasteiger partial charge in [-0.05, 0) is 38.3 Å². The molecule has 0 spiro atoms. The summed E-state index contributed by atoms with van der Waals surface area (Å²) in [4.78, 5) is 25.0. The lowest BCUT2D eigenvalue weighted by atomic mass is 9.96. The summed E-state index contributed by atoms with van der Waals surface area (Å²) in [6.07, 6.45) is 1.69. The van der Waals surface area contributed by atoms with Crippen molar-refractivity contribution in [2.45, 2.75) is 33.1 Å². The van der Waals surface area contributed by atoms with E-state index in [0.717, 1.165) is 11.3 Å². The number of amides is 2. The van der Waals surface area contributed by atoms with E-state index < -0.39 is 0 Å². The molecule has 1 heterocycles. The highest BCUT2D eigenvalue weighted by Gasteiger charge is 2.25. The number of nitrogens with zero attached hydrogens (tertiary/aromatic N) is 1. The molecular formula is C17H24N2O3. The van der Waals surface area contributed by atoms with Gasteiger partial charge in [-0.3, -0.25) is 9.59 Å². The molecule has 0 aliphatic carbocycles. The molecule has 1 aromatic carbocycles. The summed E-state index contributed by atoms with van der Waals surface area (Å²) in [5.41, 5.74) is 7.57. The number of likely N-dealkylation sites (tertiary alicyclic amines) is 1. The number of rotatable bonds is 5. The third-order valence-electron chi connectivity index (χ3n) is 4.15. The Bertz CT molecular complexity index is 549. The van der Waals surface area contributed by atoms with Gasteiger partial charge in [-0.25, -0.2) is 0 Å². The van der Waals surface area contributed by atoms with Crippen LogP contribution in [-0.2, 0) is 9.59 Å². The van der Waals surface area contributed by atoms with Gasteiger partial charge in [-0.2, -0.15) is 0 Å². The van der Waals surface area contributed by atoms with Gasteiger partial charge >= 0.3 is 0 Å². The van der Waals surface area contributed by atoms with Crippen LogP contribution in [0.4, 0.5) is 0 Å². The van der Waals surface area contributed by atoms with E-state index in [2.05, 4.69) is 6.07 Å². The van der Waals surface area contributed by atoms with Crippen LogP contribution < -0.4 is 10.5 Å². The van der Waals surface area contributed by atoms with Crippen molar-refractivity contribution in [3.63, 3.8) is 0 Å². The first-order valence-corrected chi connectivity index (χ1v) is 7.74. The molecule has 120 valence electrons. The lowest BCUT2D eigenvalue weighted by molar-refractivity contribution is -0.135. The highest BCUT2D eigenvalue weighted by Crippen LogP contribution is 2.20. The third-order valence-corrected chi connectivity index (χ3v) is 4.15. The van der Waals surface area contributed by atoms with Gasteiger partial charge in [0.2, 0.25) is 11.8 Å². The summed E-state index contributed by atoms with van der Waals surface area (Å²) in [6, 6.07) is 6.00. The zero-order valence-corrected chi connectivity index (χ0v) is 13.3. The second-order valence-electron chi connectivity index (χ2n) is 5.92. The molecule has 0 unspecified atom stereocenters. The van der Waals surface area contributed by atoms with Crippen LogP contribution in [0.5, 0.6) is 5.75 Å². The Hall–Kier alpha value is -2.04. The van der Waals surface area contributed by atoms with Crippen molar-refractivity contribution in [3.05, 3.63) is 29.3 Å². The lowest BCUT2D eigenvalue weighted by Crippen LogP contribution is -2.42. The summed E-state index contributed by atoms with van der Waals surface area (Å²) in [7, 11) is 0. The first-order valence-electron chi connectivity index (χ1n) is 7.74. The topological polar surface area (TPSA) is 72.6 Å². The predicted molar refractivity (Wildman–Crippen MR) is 84.5 cm³/mol. The molecule has 0 radical (unpaired) electrons. The number of ether oxygens (including phenoxy) is 1. The SMILES string of the molecule is Cc1ccc(OCCC(=O)N2CCC(C(N)=O)CC2)c(C)c1. The molecular weight excluding hydrogens is 280 g/mol. The molecule has 2 N–H and O–H groups in total. The predicted octanol–water partition coefficient (Wildman–Crippen LogP) is 1.80. The normalized spacial score (nSPS) is 15.6. The number of primary amides is 1. The van der Waals surface area contributed by atoms with E-state index in [4.69, 9.17) is 10.5 Å². The maximum Gasteiger partial charge on any atom is 0.225 e. The van der Waals surface area contributed by atoms with Gasteiger partial charge in [0.1, 0.15) is 5.75 Å². The van der Waals surface area contributed by atoms with Crippen LogP contribution in [0.25, 0.3) is 0 Å². The number of piperidine rings is 1. The molecule has 1 saturated heterocycles. The molecule has 2 amide bonds. The van der Waals surface area contributed by atoms with E-state index in [1.165, 1.54) is 5.56 Å². The fraction of sp³-hybridized carbons (Fsp3) is 0.529. The number of benzene rings is 1. The molecule has 1 aromatic rings. The first-order chi connectivity index (χ1) is 10.5. The summed E-state index contributed by atoms with van der Waals surface area (Å²) >= 11 is 0. The van der Waals surface area contributed by atoms with E-state index in [1.807, 2.05) is 26.0 Å². The Morgan fingerprint density at radius 2 is 1.95 bits per heavy atom. The summed E-state index contributed by atoms with van der Waals surface area (Å²) in [5, 5.41) is 0. The van der Waals surface area contributed by atoms with E-state index in [-0.39, 0.29) is 17.7 Å². The van der Waals surface area contributed by atoms with Crippen molar-refractivity contribution in [1.29, 1.82) is 0 Å². The summed E-state index contributed by atoms with van der Waals surface area (Å²) < 4.78 is 5.69. The van der Waals surface area contributed by atoms with Gasteiger partial charge in [0.05, 0.1) is 13.0 Å². The smallest absolute Gasteiger partial charge is 0.225 e. The molecule has 0 aromatic heterocycles. The van der Waals surface area contributed by atoms with E-state index in [0.29, 0.717) is 39.0 Å². The van der Waals surface area contributed by atoms with Crippen LogP contribution in [0, 0.1) is 19.8 Å². The van der Waals surface area contributed by atoms with Crippen molar-refractivity contribution >= 4 is 11.8 Å². The fourth-order valence-corrected chi connectivity index (χ4v) is 2.78. The van der Waals surface area contributed by atoms with Crippen molar-refractivity contribution in [2.24, 2.45) is 11.7 Å². The number of hydrogen-bond donors (Lipinski definition) is 1. The van der Waals surface area contributed by atoms with Crippen LogP contribution in [0.15, 0.2) is 18.2 Å². The van der Waals surface area contributed by atoms with Crippen molar-refractivity contribution in [3.8, 4) is 5.75 Å². The monoisotopic (exact) mass is 304 g/mol. The molecule has 5 nitrogen and oxygen atoms in total. The Labute approximate surface area is 131 Å². The minimum atomic E-state index is -0.259. The van der Waals surface area contributed by atoms with E-state index >= 15 is 0 Å². The number of carbonyl (C=O) groups excluding carboxylic acids is 2. The minimum Gasteiger partial charge on any atom is -0.493 e. The average molecular weight is 304 g/mol. The summed E-state index contributed by atoms with van der Waals surface area (Å²) in [5.74, 6) is 0.555. The first kappa shape index (κ1) is 16.3. The van der Waals surface area contributed by atoms with Gasteiger partial charge in [0.15, 0.2) is 0 Å². The Balaban J connectivity index is 1.75. The second-order valence-corrected chi connectivity index (χ2v) is 5.92. The second kappa shape index (κ2) is 7.29. The molecule has 1 aliphatic heterocycles. The maximum absolute atomic E-state index is 12.1. The Kier molecular flexibility index (Phi) is 5.41. The largest absolute Gasteiger partial charge is 0.493 e. The molecule has 1 aliphatic rings. The summed E-state index contributed by atoms with van der Waals surface area (Å²) in [6.45, 7) is 5.62. The molecule has 2 rings (SSSR count). The molecule has 0 bridgehead atoms. The lowest BCUT2D eigenvalue weighted by Gasteiger charge is -2.30. The van der Waals surface area contributed by atoms with E-state index in [9.17, 15) is 9.59 Å². The fourth-order valence-electron chi connectivity index (χ4n) is 2.78. The van der Waals surface area contributed by atoms with Gasteiger partial charge in [-0.15, -0.1) is 0 Å². The third kappa shape index (κ3) is 4.23. The Morgan fingerprint density at radius 3 is 2.55 bits per heavy atom. The van der Waals surface area contributed by atoms with Crippen molar-refractivity contribution in [2.75, 3.05) is 19.7 Å². The zero-order chi connectivity index (χ0) is 16.1.